The van der Waals surface area contributed by atoms with Crippen molar-refractivity contribution in [1.82, 2.24) is 20.1 Å². The number of hydrogen-bond donors (Lipinski definition) is 2. The van der Waals surface area contributed by atoms with Crippen molar-refractivity contribution in [3.63, 3.8) is 0 Å². The number of amides is 1. The summed E-state index contributed by atoms with van der Waals surface area (Å²) in [4.78, 5) is 15.4. The second-order valence-electron chi connectivity index (χ2n) is 5.23. The van der Waals surface area contributed by atoms with Crippen LogP contribution in [-0.2, 0) is 11.3 Å². The van der Waals surface area contributed by atoms with Crippen LogP contribution >= 0.6 is 0 Å². The minimum atomic E-state index is -0.566. The Bertz CT molecular complexity index is 387. The van der Waals surface area contributed by atoms with Crippen LogP contribution in [0.3, 0.4) is 0 Å². The molecule has 1 atom stereocenters. The van der Waals surface area contributed by atoms with Crippen molar-refractivity contribution in [2.75, 3.05) is 0 Å². The lowest BCUT2D eigenvalue weighted by Gasteiger charge is -2.27. The van der Waals surface area contributed by atoms with Crippen molar-refractivity contribution in [2.45, 2.75) is 57.2 Å². The smallest absolute Gasteiger partial charge is 0.237 e. The van der Waals surface area contributed by atoms with Gasteiger partial charge in [-0.25, -0.2) is 4.98 Å². The van der Waals surface area contributed by atoms with Crippen LogP contribution in [0.1, 0.15) is 39.0 Å². The van der Waals surface area contributed by atoms with Gasteiger partial charge < -0.3 is 11.1 Å². The zero-order valence-electron chi connectivity index (χ0n) is 10.8. The SMILES string of the molecule is CC(CCCCn1cncn1)(NC1CC1)C(N)=O. The number of aryl methyl sites for hydroxylation is 1. The first-order chi connectivity index (χ1) is 8.60. The summed E-state index contributed by atoms with van der Waals surface area (Å²) in [6.45, 7) is 2.74. The van der Waals surface area contributed by atoms with Gasteiger partial charge >= 0.3 is 0 Å². The molecule has 0 spiro atoms. The van der Waals surface area contributed by atoms with Gasteiger partial charge in [-0.15, -0.1) is 0 Å². The summed E-state index contributed by atoms with van der Waals surface area (Å²) in [5, 5.41) is 7.39. The maximum atomic E-state index is 11.5. The van der Waals surface area contributed by atoms with Gasteiger partial charge in [0.1, 0.15) is 12.7 Å². The van der Waals surface area contributed by atoms with Gasteiger partial charge in [-0.3, -0.25) is 9.48 Å². The van der Waals surface area contributed by atoms with Crippen LogP contribution in [0.4, 0.5) is 0 Å². The highest BCUT2D eigenvalue weighted by molar-refractivity contribution is 5.84. The first-order valence-corrected chi connectivity index (χ1v) is 6.50. The van der Waals surface area contributed by atoms with E-state index in [1.807, 2.05) is 6.92 Å². The predicted molar refractivity (Wildman–Crippen MR) is 67.6 cm³/mol. The van der Waals surface area contributed by atoms with E-state index in [1.165, 1.54) is 6.33 Å². The summed E-state index contributed by atoms with van der Waals surface area (Å²) in [6.07, 6.45) is 8.23. The van der Waals surface area contributed by atoms with E-state index < -0.39 is 5.54 Å². The molecule has 1 saturated carbocycles. The number of carbonyl (C=O) groups is 1. The number of rotatable bonds is 8. The summed E-state index contributed by atoms with van der Waals surface area (Å²) in [7, 11) is 0. The van der Waals surface area contributed by atoms with Gasteiger partial charge in [0.15, 0.2) is 0 Å². The molecule has 100 valence electrons. The predicted octanol–water partition coefficient (Wildman–Crippen LogP) is 0.444. The highest BCUT2D eigenvalue weighted by atomic mass is 16.1. The van der Waals surface area contributed by atoms with Gasteiger partial charge in [0.25, 0.3) is 0 Å². The molecule has 18 heavy (non-hydrogen) atoms. The van der Waals surface area contributed by atoms with Crippen LogP contribution in [0.2, 0.25) is 0 Å². The molecule has 1 heterocycles. The summed E-state index contributed by atoms with van der Waals surface area (Å²) in [5.41, 5.74) is 4.93. The van der Waals surface area contributed by atoms with Gasteiger partial charge in [-0.1, -0.05) is 0 Å². The summed E-state index contributed by atoms with van der Waals surface area (Å²) in [5.74, 6) is -0.254. The molecular formula is C12H21N5O. The van der Waals surface area contributed by atoms with E-state index in [9.17, 15) is 4.79 Å². The Morgan fingerprint density at radius 1 is 1.56 bits per heavy atom. The molecule has 0 bridgehead atoms. The average Bonchev–Trinajstić information content (AvgIpc) is 2.97. The minimum Gasteiger partial charge on any atom is -0.368 e. The number of nitrogens with one attached hydrogen (secondary N) is 1. The van der Waals surface area contributed by atoms with E-state index in [4.69, 9.17) is 5.73 Å². The molecular weight excluding hydrogens is 230 g/mol. The second kappa shape index (κ2) is 5.48. The lowest BCUT2D eigenvalue weighted by atomic mass is 9.93. The topological polar surface area (TPSA) is 85.8 Å². The maximum Gasteiger partial charge on any atom is 0.237 e. The Morgan fingerprint density at radius 2 is 2.33 bits per heavy atom. The normalized spacial score (nSPS) is 18.5. The molecule has 1 aliphatic rings. The number of hydrogen-bond acceptors (Lipinski definition) is 4. The number of nitrogens with zero attached hydrogens (tertiary/aromatic N) is 3. The quantitative estimate of drug-likeness (QED) is 0.657. The van der Waals surface area contributed by atoms with Gasteiger partial charge in [0, 0.05) is 12.6 Å². The van der Waals surface area contributed by atoms with Gasteiger partial charge in [-0.2, -0.15) is 5.10 Å². The van der Waals surface area contributed by atoms with Crippen molar-refractivity contribution >= 4 is 5.91 Å². The summed E-state index contributed by atoms with van der Waals surface area (Å²) < 4.78 is 1.80. The van der Waals surface area contributed by atoms with E-state index in [1.54, 1.807) is 11.0 Å². The largest absolute Gasteiger partial charge is 0.368 e. The third-order valence-corrected chi connectivity index (χ3v) is 3.42. The van der Waals surface area contributed by atoms with Gasteiger partial charge in [0.05, 0.1) is 5.54 Å². The van der Waals surface area contributed by atoms with Gasteiger partial charge in [-0.05, 0) is 39.0 Å². The fourth-order valence-corrected chi connectivity index (χ4v) is 2.05. The van der Waals surface area contributed by atoms with E-state index in [0.29, 0.717) is 6.04 Å². The molecule has 1 amide bonds. The molecule has 0 saturated heterocycles. The lowest BCUT2D eigenvalue weighted by molar-refractivity contribution is -0.124. The summed E-state index contributed by atoms with van der Waals surface area (Å²) in [6, 6.07) is 0.484. The fourth-order valence-electron chi connectivity index (χ4n) is 2.05. The third-order valence-electron chi connectivity index (χ3n) is 3.42. The van der Waals surface area contributed by atoms with Gasteiger partial charge in [0.2, 0.25) is 5.91 Å². The second-order valence-corrected chi connectivity index (χ2v) is 5.23. The Morgan fingerprint density at radius 3 is 2.89 bits per heavy atom. The lowest BCUT2D eigenvalue weighted by Crippen LogP contribution is -2.53. The highest BCUT2D eigenvalue weighted by Gasteiger charge is 2.36. The number of unbranched alkanes of at least 4 members (excludes halogenated alkanes) is 1. The molecule has 6 nitrogen and oxygen atoms in total. The van der Waals surface area contributed by atoms with E-state index in [0.717, 1.165) is 38.6 Å². The molecule has 0 aliphatic heterocycles. The Kier molecular flexibility index (Phi) is 3.96. The van der Waals surface area contributed by atoms with Crippen LogP contribution in [0.5, 0.6) is 0 Å². The van der Waals surface area contributed by atoms with E-state index >= 15 is 0 Å². The first-order valence-electron chi connectivity index (χ1n) is 6.50. The standard InChI is InChI=1S/C12H21N5O/c1-12(11(13)18,16-10-4-5-10)6-2-3-7-17-9-14-8-15-17/h8-10,16H,2-7H2,1H3,(H2,13,18). The Labute approximate surface area is 107 Å². The summed E-state index contributed by atoms with van der Waals surface area (Å²) >= 11 is 0. The fraction of sp³-hybridized carbons (Fsp3) is 0.750. The molecule has 1 fully saturated rings. The van der Waals surface area contributed by atoms with Crippen molar-refractivity contribution < 1.29 is 4.79 Å². The molecule has 1 aliphatic carbocycles. The molecule has 1 unspecified atom stereocenters. The monoisotopic (exact) mass is 251 g/mol. The van der Waals surface area contributed by atoms with Crippen molar-refractivity contribution in [3.8, 4) is 0 Å². The number of aromatic nitrogens is 3. The van der Waals surface area contributed by atoms with Crippen LogP contribution < -0.4 is 11.1 Å². The molecule has 3 N–H and O–H groups in total. The van der Waals surface area contributed by atoms with Crippen LogP contribution in [-0.4, -0.2) is 32.3 Å². The Hall–Kier alpha value is -1.43. The molecule has 0 aromatic carbocycles. The van der Waals surface area contributed by atoms with Crippen LogP contribution in [0.25, 0.3) is 0 Å². The molecule has 0 radical (unpaired) electrons. The van der Waals surface area contributed by atoms with E-state index in [-0.39, 0.29) is 5.91 Å². The van der Waals surface area contributed by atoms with Crippen molar-refractivity contribution in [1.29, 1.82) is 0 Å². The maximum absolute atomic E-state index is 11.5. The first kappa shape index (κ1) is 13.0. The third kappa shape index (κ3) is 3.53. The van der Waals surface area contributed by atoms with E-state index in [2.05, 4.69) is 15.4 Å². The van der Waals surface area contributed by atoms with Crippen molar-refractivity contribution in [3.05, 3.63) is 12.7 Å². The number of primary amides is 1. The van der Waals surface area contributed by atoms with Crippen molar-refractivity contribution in [2.24, 2.45) is 5.73 Å². The molecule has 1 aromatic rings. The highest BCUT2D eigenvalue weighted by Crippen LogP contribution is 2.25. The number of carbonyl (C=O) groups excluding carboxylic acids is 1. The van der Waals surface area contributed by atoms with Crippen LogP contribution in [0.15, 0.2) is 12.7 Å². The average molecular weight is 251 g/mol. The van der Waals surface area contributed by atoms with Crippen LogP contribution in [0, 0.1) is 0 Å². The molecule has 6 heteroatoms. The zero-order valence-corrected chi connectivity index (χ0v) is 10.8. The minimum absolute atomic E-state index is 0.254. The zero-order chi connectivity index (χ0) is 13.0. The Balaban J connectivity index is 1.73. The number of nitrogens with two attached hydrogens (primary N) is 1. The molecule has 2 rings (SSSR count). The molecule has 1 aromatic heterocycles.